The van der Waals surface area contributed by atoms with Crippen LogP contribution in [0.3, 0.4) is 0 Å². The highest BCUT2D eigenvalue weighted by Crippen LogP contribution is 2.30. The molecule has 3 aliphatic heterocycles. The number of imide groups is 1. The van der Waals surface area contributed by atoms with Crippen molar-refractivity contribution in [3.63, 3.8) is 0 Å². The Balaban J connectivity index is 0.825. The van der Waals surface area contributed by atoms with Gasteiger partial charge in [0.05, 0.1) is 17.8 Å². The molecular formula is C36H45F2N7O4. The molecule has 1 saturated carbocycles. The Bertz CT molecular complexity index is 1730. The normalized spacial score (nSPS) is 21.5. The molecule has 4 heterocycles. The molecule has 0 radical (unpaired) electrons. The Kier molecular flexibility index (Phi) is 10.1. The molecule has 7 rings (SSSR count). The lowest BCUT2D eigenvalue weighted by molar-refractivity contribution is -0.133. The molecule has 4 fully saturated rings. The second-order valence-electron chi connectivity index (χ2n) is 14.1. The number of halogens is 2. The molecule has 0 spiro atoms. The molecule has 49 heavy (non-hydrogen) atoms. The summed E-state index contributed by atoms with van der Waals surface area (Å²) in [5.41, 5.74) is 1.00. The number of carbonyl (C=O) groups is 2. The molecule has 1 atom stereocenters. The molecule has 0 bridgehead atoms. The summed E-state index contributed by atoms with van der Waals surface area (Å²) in [6.07, 6.45) is 6.87. The summed E-state index contributed by atoms with van der Waals surface area (Å²) in [4.78, 5) is 50.3. The maximum absolute atomic E-state index is 15.1. The van der Waals surface area contributed by atoms with Crippen LogP contribution >= 0.6 is 0 Å². The molecule has 1 aromatic heterocycles. The fourth-order valence-electron chi connectivity index (χ4n) is 7.37. The first-order valence-electron chi connectivity index (χ1n) is 17.7. The SMILES string of the molecule is O=C1CCC(Nc2ccc(N3CCN(CCN4CCC(COc5cc(F)c6c(=O)[nH]c(CC7CCC7)nc6c5)CC4)CC3)c(F)c2)C(=O)N1. The van der Waals surface area contributed by atoms with Gasteiger partial charge < -0.3 is 24.8 Å². The second-order valence-corrected chi connectivity index (χ2v) is 14.1. The number of benzene rings is 2. The number of hydrogen-bond acceptors (Lipinski definition) is 9. The number of aromatic nitrogens is 2. The Morgan fingerprint density at radius 1 is 0.857 bits per heavy atom. The van der Waals surface area contributed by atoms with Crippen molar-refractivity contribution in [2.24, 2.45) is 11.8 Å². The maximum Gasteiger partial charge on any atom is 0.261 e. The van der Waals surface area contributed by atoms with E-state index in [4.69, 9.17) is 4.74 Å². The Hall–Kier alpha value is -4.10. The number of piperidine rings is 2. The molecule has 2 aromatic carbocycles. The van der Waals surface area contributed by atoms with Crippen LogP contribution < -0.4 is 25.8 Å². The summed E-state index contributed by atoms with van der Waals surface area (Å²) in [7, 11) is 0. The zero-order chi connectivity index (χ0) is 33.9. The number of hydrogen-bond donors (Lipinski definition) is 3. The van der Waals surface area contributed by atoms with E-state index in [1.165, 1.54) is 18.6 Å². The predicted octanol–water partition coefficient (Wildman–Crippen LogP) is 3.67. The van der Waals surface area contributed by atoms with Crippen molar-refractivity contribution >= 4 is 34.1 Å². The molecule has 2 amide bonds. The van der Waals surface area contributed by atoms with E-state index in [9.17, 15) is 18.8 Å². The fourth-order valence-corrected chi connectivity index (χ4v) is 7.37. The summed E-state index contributed by atoms with van der Waals surface area (Å²) < 4.78 is 36.0. The molecule has 11 nitrogen and oxygen atoms in total. The van der Waals surface area contributed by atoms with E-state index in [2.05, 4.69) is 35.3 Å². The van der Waals surface area contributed by atoms with E-state index in [-0.39, 0.29) is 29.4 Å². The molecular weight excluding hydrogens is 632 g/mol. The minimum Gasteiger partial charge on any atom is -0.493 e. The van der Waals surface area contributed by atoms with Gasteiger partial charge in [0.25, 0.3) is 5.56 Å². The summed E-state index contributed by atoms with van der Waals surface area (Å²) in [5.74, 6) is 0.364. The molecule has 3 saturated heterocycles. The molecule has 262 valence electrons. The molecule has 3 N–H and O–H groups in total. The average molecular weight is 678 g/mol. The average Bonchev–Trinajstić information content (AvgIpc) is 3.06. The van der Waals surface area contributed by atoms with Gasteiger partial charge in [-0.2, -0.15) is 0 Å². The summed E-state index contributed by atoms with van der Waals surface area (Å²) in [6.45, 7) is 7.56. The molecule has 1 unspecified atom stereocenters. The highest BCUT2D eigenvalue weighted by atomic mass is 19.1. The smallest absolute Gasteiger partial charge is 0.261 e. The summed E-state index contributed by atoms with van der Waals surface area (Å²) >= 11 is 0. The predicted molar refractivity (Wildman–Crippen MR) is 183 cm³/mol. The van der Waals surface area contributed by atoms with Crippen LogP contribution in [-0.2, 0) is 16.0 Å². The first-order valence-corrected chi connectivity index (χ1v) is 17.7. The van der Waals surface area contributed by atoms with E-state index in [0.29, 0.717) is 53.3 Å². The second kappa shape index (κ2) is 14.8. The Labute approximate surface area is 284 Å². The van der Waals surface area contributed by atoms with Gasteiger partial charge in [0, 0.05) is 69.9 Å². The van der Waals surface area contributed by atoms with Crippen molar-refractivity contribution in [3.8, 4) is 5.75 Å². The monoisotopic (exact) mass is 677 g/mol. The summed E-state index contributed by atoms with van der Waals surface area (Å²) in [5, 5.41) is 5.35. The van der Waals surface area contributed by atoms with E-state index < -0.39 is 17.4 Å². The zero-order valence-corrected chi connectivity index (χ0v) is 27.8. The van der Waals surface area contributed by atoms with Crippen LogP contribution in [0.4, 0.5) is 20.2 Å². The number of nitrogens with one attached hydrogen (secondary N) is 3. The van der Waals surface area contributed by atoms with Gasteiger partial charge >= 0.3 is 0 Å². The first-order chi connectivity index (χ1) is 23.8. The summed E-state index contributed by atoms with van der Waals surface area (Å²) in [6, 6.07) is 7.41. The van der Waals surface area contributed by atoms with Crippen LogP contribution in [0, 0.1) is 23.5 Å². The van der Waals surface area contributed by atoms with Crippen LogP contribution in [0.2, 0.25) is 0 Å². The Morgan fingerprint density at radius 2 is 1.61 bits per heavy atom. The lowest BCUT2D eigenvalue weighted by Crippen LogP contribution is -2.49. The number of rotatable bonds is 11. The van der Waals surface area contributed by atoms with Gasteiger partial charge in [0.15, 0.2) is 0 Å². The van der Waals surface area contributed by atoms with E-state index in [0.717, 1.165) is 84.5 Å². The highest BCUT2D eigenvalue weighted by Gasteiger charge is 2.27. The van der Waals surface area contributed by atoms with Crippen molar-refractivity contribution < 1.29 is 23.1 Å². The zero-order valence-electron chi connectivity index (χ0n) is 27.8. The van der Waals surface area contributed by atoms with Gasteiger partial charge in [-0.05, 0) is 62.4 Å². The number of aromatic amines is 1. The quantitative estimate of drug-likeness (QED) is 0.261. The minimum atomic E-state index is -0.602. The lowest BCUT2D eigenvalue weighted by atomic mass is 9.83. The number of nitrogens with zero attached hydrogens (tertiary/aromatic N) is 4. The molecule has 4 aliphatic rings. The molecule has 3 aromatic rings. The van der Waals surface area contributed by atoms with Gasteiger partial charge in [-0.3, -0.25) is 24.6 Å². The van der Waals surface area contributed by atoms with Gasteiger partial charge in [-0.1, -0.05) is 19.3 Å². The van der Waals surface area contributed by atoms with Crippen molar-refractivity contribution in [1.82, 2.24) is 25.1 Å². The number of ether oxygens (including phenoxy) is 1. The van der Waals surface area contributed by atoms with Gasteiger partial charge in [-0.15, -0.1) is 0 Å². The van der Waals surface area contributed by atoms with E-state index in [1.807, 2.05) is 0 Å². The number of anilines is 2. The van der Waals surface area contributed by atoms with Crippen LogP contribution in [0.1, 0.15) is 50.8 Å². The number of likely N-dealkylation sites (tertiary alicyclic amines) is 1. The maximum atomic E-state index is 15.1. The van der Waals surface area contributed by atoms with Crippen LogP contribution in [0.15, 0.2) is 35.1 Å². The first kappa shape index (κ1) is 33.4. The van der Waals surface area contributed by atoms with Crippen molar-refractivity contribution in [1.29, 1.82) is 0 Å². The number of piperazine rings is 1. The minimum absolute atomic E-state index is 0.0122. The number of H-pyrrole nitrogens is 1. The third-order valence-corrected chi connectivity index (χ3v) is 10.7. The largest absolute Gasteiger partial charge is 0.493 e. The molecule has 1 aliphatic carbocycles. The van der Waals surface area contributed by atoms with Crippen LogP contribution in [0.25, 0.3) is 10.9 Å². The van der Waals surface area contributed by atoms with Crippen LogP contribution in [-0.4, -0.2) is 96.6 Å². The van der Waals surface area contributed by atoms with Crippen molar-refractivity contribution in [2.75, 3.05) is 69.2 Å². The number of carbonyl (C=O) groups excluding carboxylic acids is 2. The van der Waals surface area contributed by atoms with Crippen molar-refractivity contribution in [3.05, 3.63) is 58.1 Å². The Morgan fingerprint density at radius 3 is 2.31 bits per heavy atom. The topological polar surface area (TPSA) is 123 Å². The highest BCUT2D eigenvalue weighted by molar-refractivity contribution is 6.01. The van der Waals surface area contributed by atoms with Gasteiger partial charge in [0.1, 0.15) is 34.6 Å². The number of amides is 2. The van der Waals surface area contributed by atoms with Crippen LogP contribution in [0.5, 0.6) is 5.75 Å². The molecule has 13 heteroatoms. The third-order valence-electron chi connectivity index (χ3n) is 10.7. The fraction of sp³-hybridized carbons (Fsp3) is 0.556. The van der Waals surface area contributed by atoms with Crippen molar-refractivity contribution in [2.45, 2.75) is 57.4 Å². The van der Waals surface area contributed by atoms with Gasteiger partial charge in [0.2, 0.25) is 11.8 Å². The number of fused-ring (bicyclic) bond motifs is 1. The lowest BCUT2D eigenvalue weighted by Gasteiger charge is -2.38. The standard InChI is InChI=1S/C36H45F2N7O4/c37-27-19-25(39-29-5-7-33(46)42-35(29)47)4-6-31(27)45-16-14-44(15-17-45)13-12-43-10-8-24(9-11-43)22-49-26-20-28(38)34-30(21-26)40-32(41-36(34)48)18-23-2-1-3-23/h4,6,19-21,23-24,29,39H,1-3,5,7-18,22H2,(H,40,41,48)(H,42,46,47). The van der Waals surface area contributed by atoms with E-state index in [1.54, 1.807) is 18.2 Å². The van der Waals surface area contributed by atoms with Gasteiger partial charge in [-0.25, -0.2) is 13.8 Å². The van der Waals surface area contributed by atoms with E-state index >= 15 is 4.39 Å². The third kappa shape index (κ3) is 8.04.